The van der Waals surface area contributed by atoms with Gasteiger partial charge in [-0.05, 0) is 13.0 Å². The van der Waals surface area contributed by atoms with E-state index in [1.165, 1.54) is 13.3 Å². The van der Waals surface area contributed by atoms with Gasteiger partial charge in [-0.3, -0.25) is 19.5 Å². The van der Waals surface area contributed by atoms with Gasteiger partial charge in [-0.1, -0.05) is 0 Å². The Morgan fingerprint density at radius 3 is 2.57 bits per heavy atom. The van der Waals surface area contributed by atoms with Crippen LogP contribution in [0.2, 0.25) is 0 Å². The van der Waals surface area contributed by atoms with E-state index in [0.29, 0.717) is 37.5 Å². The van der Waals surface area contributed by atoms with Crippen LogP contribution in [0.3, 0.4) is 0 Å². The first kappa shape index (κ1) is 15.2. The molecule has 0 spiro atoms. The molecule has 1 atom stereocenters. The number of hydrogen-bond donors (Lipinski definition) is 1. The highest BCUT2D eigenvalue weighted by atomic mass is 16.5. The minimum absolute atomic E-state index is 0.114. The number of pyridine rings is 1. The van der Waals surface area contributed by atoms with E-state index in [4.69, 9.17) is 9.84 Å². The van der Waals surface area contributed by atoms with Crippen molar-refractivity contribution in [3.63, 3.8) is 0 Å². The van der Waals surface area contributed by atoms with Crippen LogP contribution in [-0.2, 0) is 4.79 Å². The zero-order chi connectivity index (χ0) is 15.4. The molecule has 1 saturated heterocycles. The molecule has 0 radical (unpaired) electrons. The first-order chi connectivity index (χ1) is 10.0. The van der Waals surface area contributed by atoms with Crippen LogP contribution >= 0.6 is 0 Å². The lowest BCUT2D eigenvalue weighted by Gasteiger charge is -2.36. The number of carboxylic acids is 1. The molecule has 7 nitrogen and oxygen atoms in total. The highest BCUT2D eigenvalue weighted by molar-refractivity contribution is 5.96. The molecule has 1 aliphatic heterocycles. The molecular weight excluding hydrogens is 274 g/mol. The maximum Gasteiger partial charge on any atom is 0.320 e. The largest absolute Gasteiger partial charge is 0.494 e. The fourth-order valence-electron chi connectivity index (χ4n) is 2.36. The van der Waals surface area contributed by atoms with Gasteiger partial charge in [-0.2, -0.15) is 0 Å². The summed E-state index contributed by atoms with van der Waals surface area (Å²) in [5.41, 5.74) is 0.479. The van der Waals surface area contributed by atoms with E-state index in [1.807, 2.05) is 4.90 Å². The first-order valence-electron chi connectivity index (χ1n) is 6.78. The second kappa shape index (κ2) is 6.53. The minimum atomic E-state index is -0.842. The van der Waals surface area contributed by atoms with Gasteiger partial charge < -0.3 is 14.7 Å². The lowest BCUT2D eigenvalue weighted by Crippen LogP contribution is -2.53. The Kier molecular flexibility index (Phi) is 4.74. The summed E-state index contributed by atoms with van der Waals surface area (Å²) in [6, 6.07) is 1.10. The number of rotatable bonds is 4. The summed E-state index contributed by atoms with van der Waals surface area (Å²) in [5.74, 6) is -0.508. The van der Waals surface area contributed by atoms with Crippen molar-refractivity contribution < 1.29 is 19.4 Å². The number of methoxy groups -OCH3 is 1. The molecule has 114 valence electrons. The normalized spacial score (nSPS) is 17.3. The molecule has 1 aromatic rings. The predicted octanol–water partition coefficient (Wildman–Crippen LogP) is 0.321. The van der Waals surface area contributed by atoms with Crippen LogP contribution in [0.1, 0.15) is 17.3 Å². The number of ether oxygens (including phenoxy) is 1. The number of nitrogens with zero attached hydrogens (tertiary/aromatic N) is 3. The van der Waals surface area contributed by atoms with Crippen LogP contribution in [-0.4, -0.2) is 71.1 Å². The molecule has 1 aliphatic rings. The highest BCUT2D eigenvalue weighted by Crippen LogP contribution is 2.19. The Bertz CT molecular complexity index is 527. The fraction of sp³-hybridized carbons (Fsp3) is 0.500. The van der Waals surface area contributed by atoms with E-state index >= 15 is 0 Å². The zero-order valence-electron chi connectivity index (χ0n) is 12.2. The second-order valence-electron chi connectivity index (χ2n) is 4.92. The van der Waals surface area contributed by atoms with Crippen LogP contribution in [0.15, 0.2) is 18.5 Å². The van der Waals surface area contributed by atoms with Crippen molar-refractivity contribution in [2.45, 2.75) is 13.0 Å². The standard InChI is InChI=1S/C14H19N3O4/c1-10(14(19)20)16-5-7-17(8-6-16)13(18)11-3-4-15-9-12(11)21-2/h3-4,9-10H,5-8H2,1-2H3,(H,19,20). The molecule has 0 saturated carbocycles. The Hall–Kier alpha value is -2.15. The first-order valence-corrected chi connectivity index (χ1v) is 6.78. The Labute approximate surface area is 123 Å². The lowest BCUT2D eigenvalue weighted by atomic mass is 10.1. The van der Waals surface area contributed by atoms with Gasteiger partial charge in [0.15, 0.2) is 0 Å². The third-order valence-electron chi connectivity index (χ3n) is 3.74. The van der Waals surface area contributed by atoms with E-state index < -0.39 is 12.0 Å². The topological polar surface area (TPSA) is 83.0 Å². The summed E-state index contributed by atoms with van der Waals surface area (Å²) in [7, 11) is 1.50. The molecule has 1 fully saturated rings. The number of aromatic nitrogens is 1. The average molecular weight is 293 g/mol. The van der Waals surface area contributed by atoms with Gasteiger partial charge in [0.05, 0.1) is 18.9 Å². The fourth-order valence-corrected chi connectivity index (χ4v) is 2.36. The smallest absolute Gasteiger partial charge is 0.320 e. The van der Waals surface area contributed by atoms with Crippen LogP contribution in [0.4, 0.5) is 0 Å². The molecule has 0 bridgehead atoms. The van der Waals surface area contributed by atoms with Crippen molar-refractivity contribution in [1.82, 2.24) is 14.8 Å². The third kappa shape index (κ3) is 3.30. The van der Waals surface area contributed by atoms with Gasteiger partial charge in [0.1, 0.15) is 11.8 Å². The second-order valence-corrected chi connectivity index (χ2v) is 4.92. The van der Waals surface area contributed by atoms with Crippen LogP contribution in [0.25, 0.3) is 0 Å². The van der Waals surface area contributed by atoms with Gasteiger partial charge >= 0.3 is 5.97 Å². The SMILES string of the molecule is COc1cnccc1C(=O)N1CCN(C(C)C(=O)O)CC1. The van der Waals surface area contributed by atoms with E-state index in [9.17, 15) is 9.59 Å². The van der Waals surface area contributed by atoms with Crippen LogP contribution < -0.4 is 4.74 Å². The summed E-state index contributed by atoms with van der Waals surface area (Å²) in [5, 5.41) is 9.01. The Balaban J connectivity index is 2.02. The molecule has 2 rings (SSSR count). The zero-order valence-corrected chi connectivity index (χ0v) is 12.2. The van der Waals surface area contributed by atoms with Gasteiger partial charge in [0, 0.05) is 32.4 Å². The Morgan fingerprint density at radius 2 is 2.00 bits per heavy atom. The summed E-state index contributed by atoms with van der Waals surface area (Å²) in [6.45, 7) is 3.76. The number of hydrogen-bond acceptors (Lipinski definition) is 5. The number of piperazine rings is 1. The molecule has 1 amide bonds. The number of aliphatic carboxylic acids is 1. The molecular formula is C14H19N3O4. The van der Waals surface area contributed by atoms with Crippen LogP contribution in [0.5, 0.6) is 5.75 Å². The molecule has 1 unspecified atom stereocenters. The van der Waals surface area contributed by atoms with Crippen molar-refractivity contribution in [2.75, 3.05) is 33.3 Å². The number of carboxylic acid groups (broad SMARTS) is 1. The van der Waals surface area contributed by atoms with E-state index in [2.05, 4.69) is 4.98 Å². The van der Waals surface area contributed by atoms with Gasteiger partial charge in [0.25, 0.3) is 5.91 Å². The van der Waals surface area contributed by atoms with Crippen molar-refractivity contribution >= 4 is 11.9 Å². The summed E-state index contributed by atoms with van der Waals surface area (Å²) in [4.78, 5) is 30.9. The number of carbonyl (C=O) groups excluding carboxylic acids is 1. The third-order valence-corrected chi connectivity index (χ3v) is 3.74. The van der Waals surface area contributed by atoms with Crippen molar-refractivity contribution in [1.29, 1.82) is 0 Å². The quantitative estimate of drug-likeness (QED) is 0.861. The highest BCUT2D eigenvalue weighted by Gasteiger charge is 2.28. The predicted molar refractivity (Wildman–Crippen MR) is 75.4 cm³/mol. The number of amides is 1. The summed E-state index contributed by atoms with van der Waals surface area (Å²) >= 11 is 0. The molecule has 1 N–H and O–H groups in total. The van der Waals surface area contributed by atoms with E-state index in [0.717, 1.165) is 0 Å². The van der Waals surface area contributed by atoms with Gasteiger partial charge in [-0.15, -0.1) is 0 Å². The maximum atomic E-state index is 12.5. The molecule has 21 heavy (non-hydrogen) atoms. The maximum absolute atomic E-state index is 12.5. The Morgan fingerprint density at radius 1 is 1.33 bits per heavy atom. The van der Waals surface area contributed by atoms with E-state index in [1.54, 1.807) is 24.1 Å². The van der Waals surface area contributed by atoms with Gasteiger partial charge in [-0.25, -0.2) is 0 Å². The molecule has 0 aliphatic carbocycles. The molecule has 2 heterocycles. The average Bonchev–Trinajstić information content (AvgIpc) is 2.53. The summed E-state index contributed by atoms with van der Waals surface area (Å²) < 4.78 is 5.15. The lowest BCUT2D eigenvalue weighted by molar-refractivity contribution is -0.143. The molecule has 0 aromatic carbocycles. The molecule has 7 heteroatoms. The number of carbonyl (C=O) groups is 2. The van der Waals surface area contributed by atoms with Crippen molar-refractivity contribution in [2.24, 2.45) is 0 Å². The van der Waals surface area contributed by atoms with E-state index in [-0.39, 0.29) is 5.91 Å². The van der Waals surface area contributed by atoms with Crippen LogP contribution in [0, 0.1) is 0 Å². The molecule has 1 aromatic heterocycles. The monoisotopic (exact) mass is 293 g/mol. The minimum Gasteiger partial charge on any atom is -0.494 e. The van der Waals surface area contributed by atoms with Crippen molar-refractivity contribution in [3.05, 3.63) is 24.0 Å². The van der Waals surface area contributed by atoms with Crippen molar-refractivity contribution in [3.8, 4) is 5.75 Å². The summed E-state index contributed by atoms with van der Waals surface area (Å²) in [6.07, 6.45) is 3.06. The van der Waals surface area contributed by atoms with Gasteiger partial charge in [0.2, 0.25) is 0 Å².